The number of rotatable bonds is 6. The van der Waals surface area contributed by atoms with Gasteiger partial charge < -0.3 is 10.6 Å². The molecule has 1 amide bonds. The SMILES string of the molecule is CNC(C(=O)NCc1nncn1-c1ccccc1)c1cnn(C)c1. The lowest BCUT2D eigenvalue weighted by atomic mass is 10.1. The normalized spacial score (nSPS) is 12.1. The summed E-state index contributed by atoms with van der Waals surface area (Å²) in [4.78, 5) is 12.5. The zero-order valence-electron chi connectivity index (χ0n) is 13.5. The molecule has 0 saturated carbocycles. The van der Waals surface area contributed by atoms with Crippen LogP contribution in [-0.2, 0) is 18.4 Å². The van der Waals surface area contributed by atoms with Gasteiger partial charge in [-0.2, -0.15) is 5.10 Å². The average molecular weight is 325 g/mol. The lowest BCUT2D eigenvalue weighted by Gasteiger charge is -2.14. The number of aryl methyl sites for hydroxylation is 1. The van der Waals surface area contributed by atoms with Crippen LogP contribution in [0, 0.1) is 0 Å². The minimum absolute atomic E-state index is 0.145. The molecule has 0 aliphatic rings. The van der Waals surface area contributed by atoms with Crippen LogP contribution in [0.2, 0.25) is 0 Å². The number of likely N-dealkylation sites (N-methyl/N-ethyl adjacent to an activating group) is 1. The van der Waals surface area contributed by atoms with Gasteiger partial charge in [0.2, 0.25) is 5.91 Å². The zero-order valence-corrected chi connectivity index (χ0v) is 13.5. The van der Waals surface area contributed by atoms with Crippen LogP contribution in [0.15, 0.2) is 49.1 Å². The average Bonchev–Trinajstić information content (AvgIpc) is 3.23. The number of nitrogens with one attached hydrogen (secondary N) is 2. The molecule has 3 aromatic rings. The van der Waals surface area contributed by atoms with Crippen molar-refractivity contribution in [3.8, 4) is 5.69 Å². The highest BCUT2D eigenvalue weighted by molar-refractivity contribution is 5.82. The molecule has 8 nitrogen and oxygen atoms in total. The van der Waals surface area contributed by atoms with Crippen molar-refractivity contribution >= 4 is 5.91 Å². The van der Waals surface area contributed by atoms with Gasteiger partial charge in [0, 0.05) is 24.5 Å². The Balaban J connectivity index is 1.70. The van der Waals surface area contributed by atoms with E-state index in [4.69, 9.17) is 0 Å². The Kier molecular flexibility index (Phi) is 4.66. The number of aromatic nitrogens is 5. The van der Waals surface area contributed by atoms with Crippen molar-refractivity contribution in [3.05, 3.63) is 60.4 Å². The Morgan fingerprint density at radius 1 is 1.29 bits per heavy atom. The molecule has 2 aromatic heterocycles. The van der Waals surface area contributed by atoms with Gasteiger partial charge >= 0.3 is 0 Å². The number of hydrogen-bond acceptors (Lipinski definition) is 5. The molecule has 0 saturated heterocycles. The maximum atomic E-state index is 12.5. The molecule has 1 unspecified atom stereocenters. The molecule has 1 aromatic carbocycles. The van der Waals surface area contributed by atoms with Crippen LogP contribution in [0.1, 0.15) is 17.4 Å². The van der Waals surface area contributed by atoms with E-state index >= 15 is 0 Å². The van der Waals surface area contributed by atoms with E-state index in [1.807, 2.05) is 48.1 Å². The number of carbonyl (C=O) groups excluding carboxylic acids is 1. The summed E-state index contributed by atoms with van der Waals surface area (Å²) in [5.41, 5.74) is 1.76. The molecular formula is C16H19N7O. The molecule has 2 N–H and O–H groups in total. The van der Waals surface area contributed by atoms with E-state index in [9.17, 15) is 4.79 Å². The van der Waals surface area contributed by atoms with Crippen LogP contribution in [0.5, 0.6) is 0 Å². The summed E-state index contributed by atoms with van der Waals surface area (Å²) in [7, 11) is 3.56. The molecule has 0 bridgehead atoms. The molecule has 0 spiro atoms. The number of hydrogen-bond donors (Lipinski definition) is 2. The Morgan fingerprint density at radius 2 is 2.08 bits per heavy atom. The van der Waals surface area contributed by atoms with Gasteiger partial charge in [0.15, 0.2) is 5.82 Å². The smallest absolute Gasteiger partial charge is 0.242 e. The summed E-state index contributed by atoms with van der Waals surface area (Å²) in [6.45, 7) is 0.284. The van der Waals surface area contributed by atoms with E-state index in [0.717, 1.165) is 11.3 Å². The monoisotopic (exact) mass is 325 g/mol. The van der Waals surface area contributed by atoms with E-state index in [1.54, 1.807) is 24.3 Å². The van der Waals surface area contributed by atoms with E-state index in [0.29, 0.717) is 5.82 Å². The fourth-order valence-electron chi connectivity index (χ4n) is 2.49. The van der Waals surface area contributed by atoms with E-state index in [2.05, 4.69) is 25.9 Å². The first-order valence-electron chi connectivity index (χ1n) is 7.57. The van der Waals surface area contributed by atoms with Crippen LogP contribution >= 0.6 is 0 Å². The third kappa shape index (κ3) is 3.33. The van der Waals surface area contributed by atoms with Crippen LogP contribution in [-0.4, -0.2) is 37.5 Å². The summed E-state index contributed by atoms with van der Waals surface area (Å²) < 4.78 is 3.51. The van der Waals surface area contributed by atoms with Crippen molar-refractivity contribution in [1.82, 2.24) is 35.2 Å². The fourth-order valence-corrected chi connectivity index (χ4v) is 2.49. The van der Waals surface area contributed by atoms with Crippen molar-refractivity contribution in [3.63, 3.8) is 0 Å². The molecule has 0 fully saturated rings. The summed E-state index contributed by atoms with van der Waals surface area (Å²) in [6.07, 6.45) is 5.12. The van der Waals surface area contributed by atoms with E-state index < -0.39 is 6.04 Å². The number of para-hydroxylation sites is 1. The number of amides is 1. The minimum Gasteiger partial charge on any atom is -0.347 e. The molecule has 0 radical (unpaired) electrons. The molecular weight excluding hydrogens is 306 g/mol. The van der Waals surface area contributed by atoms with Gasteiger partial charge in [-0.1, -0.05) is 18.2 Å². The molecule has 24 heavy (non-hydrogen) atoms. The standard InChI is InChI=1S/C16H19N7O/c1-17-15(12-8-20-22(2)10-12)16(24)18-9-14-21-19-11-23(14)13-6-4-3-5-7-13/h3-8,10-11,15,17H,9H2,1-2H3,(H,18,24). The second-order valence-electron chi connectivity index (χ2n) is 5.34. The highest BCUT2D eigenvalue weighted by Crippen LogP contribution is 2.12. The number of benzene rings is 1. The Hall–Kier alpha value is -3.00. The van der Waals surface area contributed by atoms with Crippen LogP contribution in [0.4, 0.5) is 0 Å². The second kappa shape index (κ2) is 7.05. The van der Waals surface area contributed by atoms with Gasteiger partial charge in [0.1, 0.15) is 12.4 Å². The van der Waals surface area contributed by atoms with Gasteiger partial charge in [0.25, 0.3) is 0 Å². The summed E-state index contributed by atoms with van der Waals surface area (Å²) in [5.74, 6) is 0.517. The fraction of sp³-hybridized carbons (Fsp3) is 0.250. The van der Waals surface area contributed by atoms with Crippen molar-refractivity contribution < 1.29 is 4.79 Å². The lowest BCUT2D eigenvalue weighted by molar-refractivity contribution is -0.123. The van der Waals surface area contributed by atoms with Crippen LogP contribution in [0.3, 0.4) is 0 Å². The number of nitrogens with zero attached hydrogens (tertiary/aromatic N) is 5. The zero-order chi connectivity index (χ0) is 16.9. The largest absolute Gasteiger partial charge is 0.347 e. The second-order valence-corrected chi connectivity index (χ2v) is 5.34. The van der Waals surface area contributed by atoms with Crippen LogP contribution < -0.4 is 10.6 Å². The molecule has 8 heteroatoms. The molecule has 0 aliphatic carbocycles. The Labute approximate surface area is 139 Å². The lowest BCUT2D eigenvalue weighted by Crippen LogP contribution is -2.36. The highest BCUT2D eigenvalue weighted by atomic mass is 16.2. The third-order valence-electron chi connectivity index (χ3n) is 3.68. The van der Waals surface area contributed by atoms with Crippen molar-refractivity contribution in [2.24, 2.45) is 7.05 Å². The summed E-state index contributed by atoms with van der Waals surface area (Å²) >= 11 is 0. The number of carbonyl (C=O) groups is 1. The Bertz CT molecular complexity index is 809. The topological polar surface area (TPSA) is 89.7 Å². The highest BCUT2D eigenvalue weighted by Gasteiger charge is 2.20. The minimum atomic E-state index is -0.466. The van der Waals surface area contributed by atoms with Gasteiger partial charge in [0.05, 0.1) is 12.7 Å². The predicted octanol–water partition coefficient (Wildman–Crippen LogP) is 0.578. The molecule has 3 rings (SSSR count). The van der Waals surface area contributed by atoms with Crippen LogP contribution in [0.25, 0.3) is 5.69 Å². The quantitative estimate of drug-likeness (QED) is 0.692. The third-order valence-corrected chi connectivity index (χ3v) is 3.68. The summed E-state index contributed by atoms with van der Waals surface area (Å²) in [6, 6.07) is 9.28. The first-order chi connectivity index (χ1) is 11.7. The molecule has 124 valence electrons. The predicted molar refractivity (Wildman–Crippen MR) is 88.2 cm³/mol. The van der Waals surface area contributed by atoms with Crippen molar-refractivity contribution in [2.45, 2.75) is 12.6 Å². The van der Waals surface area contributed by atoms with Gasteiger partial charge in [-0.3, -0.25) is 14.0 Å². The molecule has 0 aliphatic heterocycles. The first kappa shape index (κ1) is 15.9. The maximum absolute atomic E-state index is 12.5. The van der Waals surface area contributed by atoms with E-state index in [1.165, 1.54) is 0 Å². The van der Waals surface area contributed by atoms with Gasteiger partial charge in [-0.05, 0) is 19.2 Å². The first-order valence-corrected chi connectivity index (χ1v) is 7.57. The van der Waals surface area contributed by atoms with Crippen molar-refractivity contribution in [2.75, 3.05) is 7.05 Å². The van der Waals surface area contributed by atoms with Gasteiger partial charge in [-0.25, -0.2) is 0 Å². The molecule has 2 heterocycles. The maximum Gasteiger partial charge on any atom is 0.242 e. The van der Waals surface area contributed by atoms with E-state index in [-0.39, 0.29) is 12.5 Å². The van der Waals surface area contributed by atoms with Crippen molar-refractivity contribution in [1.29, 1.82) is 0 Å². The Morgan fingerprint density at radius 3 is 2.75 bits per heavy atom. The van der Waals surface area contributed by atoms with Gasteiger partial charge in [-0.15, -0.1) is 10.2 Å². The molecule has 1 atom stereocenters. The summed E-state index contributed by atoms with van der Waals surface area (Å²) in [5, 5.41) is 18.0.